The summed E-state index contributed by atoms with van der Waals surface area (Å²) in [5.41, 5.74) is 2.86. The maximum atomic E-state index is 11.5. The maximum absolute atomic E-state index is 11.5. The van der Waals surface area contributed by atoms with Gasteiger partial charge in [-0.25, -0.2) is 0 Å². The predicted molar refractivity (Wildman–Crippen MR) is 60.4 cm³/mol. The van der Waals surface area contributed by atoms with Crippen LogP contribution in [-0.4, -0.2) is 5.78 Å². The summed E-state index contributed by atoms with van der Waals surface area (Å²) in [6, 6.07) is 0. The molecule has 0 heterocycles. The Hall–Kier alpha value is -0.300. The summed E-state index contributed by atoms with van der Waals surface area (Å²) in [6.45, 7) is 2.04. The normalized spacial score (nSPS) is 24.0. The molecule has 1 atom stereocenters. The summed E-state index contributed by atoms with van der Waals surface area (Å²) >= 11 is 5.57. The molecule has 0 amide bonds. The van der Waals surface area contributed by atoms with Crippen LogP contribution in [0.1, 0.15) is 51.9 Å². The van der Waals surface area contributed by atoms with E-state index in [4.69, 9.17) is 11.6 Å². The van der Waals surface area contributed by atoms with Crippen molar-refractivity contribution in [1.82, 2.24) is 0 Å². The van der Waals surface area contributed by atoms with Crippen molar-refractivity contribution < 1.29 is 4.79 Å². The average molecular weight is 215 g/mol. The van der Waals surface area contributed by atoms with Crippen LogP contribution >= 0.6 is 11.6 Å². The van der Waals surface area contributed by atoms with Crippen LogP contribution in [0.2, 0.25) is 0 Å². The van der Waals surface area contributed by atoms with Crippen molar-refractivity contribution in [3.63, 3.8) is 0 Å². The molecule has 80 valence electrons. The number of halogens is 1. The van der Waals surface area contributed by atoms with E-state index in [1.54, 1.807) is 5.54 Å². The van der Waals surface area contributed by atoms with E-state index in [0.717, 1.165) is 38.5 Å². The second kappa shape index (κ2) is 6.23. The molecule has 0 aromatic heterocycles. The molecule has 1 rings (SSSR count). The number of carbonyl (C=O) groups is 1. The first-order chi connectivity index (χ1) is 6.74. The number of ketones is 1. The van der Waals surface area contributed by atoms with Crippen molar-refractivity contribution in [2.75, 3.05) is 0 Å². The third-order valence-corrected chi connectivity index (χ3v) is 3.36. The van der Waals surface area contributed by atoms with Gasteiger partial charge in [-0.15, -0.1) is 0 Å². The van der Waals surface area contributed by atoms with Crippen LogP contribution in [0.3, 0.4) is 0 Å². The fraction of sp³-hybridized carbons (Fsp3) is 0.750. The molecule has 0 aromatic rings. The van der Waals surface area contributed by atoms with E-state index in [9.17, 15) is 4.79 Å². The van der Waals surface area contributed by atoms with Gasteiger partial charge in [0.05, 0.1) is 0 Å². The van der Waals surface area contributed by atoms with Gasteiger partial charge in [-0.3, -0.25) is 4.79 Å². The van der Waals surface area contributed by atoms with Gasteiger partial charge in [-0.05, 0) is 39.0 Å². The average Bonchev–Trinajstić information content (AvgIpc) is 2.20. The molecule has 1 saturated carbocycles. The molecular weight excluding hydrogens is 196 g/mol. The highest BCUT2D eigenvalue weighted by atomic mass is 35.5. The Morgan fingerprint density at radius 2 is 2.36 bits per heavy atom. The highest BCUT2D eigenvalue weighted by molar-refractivity contribution is 6.25. The lowest BCUT2D eigenvalue weighted by atomic mass is 9.84. The number of allylic oxidation sites excluding steroid dienone is 1. The maximum Gasteiger partial charge on any atom is 0.135 e. The smallest absolute Gasteiger partial charge is 0.135 e. The van der Waals surface area contributed by atoms with E-state index in [2.05, 4.69) is 0 Å². The van der Waals surface area contributed by atoms with Gasteiger partial charge >= 0.3 is 0 Å². The second-order valence-corrected chi connectivity index (χ2v) is 4.47. The Bertz CT molecular complexity index is 220. The fourth-order valence-electron chi connectivity index (χ4n) is 2.04. The zero-order chi connectivity index (χ0) is 10.4. The Balaban J connectivity index is 2.20. The minimum absolute atomic E-state index is 0.354. The highest BCUT2D eigenvalue weighted by Crippen LogP contribution is 2.25. The van der Waals surface area contributed by atoms with E-state index in [1.807, 2.05) is 6.92 Å². The highest BCUT2D eigenvalue weighted by Gasteiger charge is 2.21. The first-order valence-electron chi connectivity index (χ1n) is 5.52. The van der Waals surface area contributed by atoms with Gasteiger partial charge in [0.25, 0.3) is 0 Å². The number of carbonyl (C=O) groups excluding carboxylic acids is 1. The zero-order valence-corrected chi connectivity index (χ0v) is 9.65. The Kier molecular flexibility index (Phi) is 5.24. The van der Waals surface area contributed by atoms with E-state index in [1.165, 1.54) is 12.0 Å². The van der Waals surface area contributed by atoms with Crippen molar-refractivity contribution >= 4 is 17.4 Å². The minimum atomic E-state index is 0.354. The fourth-order valence-corrected chi connectivity index (χ4v) is 2.15. The van der Waals surface area contributed by atoms with E-state index in [0.29, 0.717) is 11.7 Å². The monoisotopic (exact) mass is 214 g/mol. The van der Waals surface area contributed by atoms with Gasteiger partial charge in [-0.1, -0.05) is 23.6 Å². The molecule has 0 bridgehead atoms. The molecule has 0 aromatic carbocycles. The standard InChI is InChI=1S/C12H19ClO/c1-10(9-13)5-4-7-11-6-2-3-8-12(11)14/h9,11H,2-8H2,1H3/b10-9+. The lowest BCUT2D eigenvalue weighted by Crippen LogP contribution is -2.18. The molecule has 14 heavy (non-hydrogen) atoms. The van der Waals surface area contributed by atoms with Crippen molar-refractivity contribution in [3.05, 3.63) is 11.1 Å². The third-order valence-electron chi connectivity index (χ3n) is 2.99. The second-order valence-electron chi connectivity index (χ2n) is 4.26. The topological polar surface area (TPSA) is 17.1 Å². The van der Waals surface area contributed by atoms with Crippen LogP contribution in [0, 0.1) is 5.92 Å². The van der Waals surface area contributed by atoms with Gasteiger partial charge < -0.3 is 0 Å². The van der Waals surface area contributed by atoms with Crippen LogP contribution in [0.5, 0.6) is 0 Å². The van der Waals surface area contributed by atoms with Gasteiger partial charge in [0.15, 0.2) is 0 Å². The van der Waals surface area contributed by atoms with E-state index < -0.39 is 0 Å². The summed E-state index contributed by atoms with van der Waals surface area (Å²) in [7, 11) is 0. The molecule has 0 aliphatic heterocycles. The molecule has 1 nitrogen and oxygen atoms in total. The molecule has 1 aliphatic carbocycles. The largest absolute Gasteiger partial charge is 0.299 e. The quantitative estimate of drug-likeness (QED) is 0.690. The molecule has 1 unspecified atom stereocenters. The Labute approximate surface area is 91.5 Å². The molecule has 2 heteroatoms. The van der Waals surface area contributed by atoms with Gasteiger partial charge in [0.1, 0.15) is 5.78 Å². The molecule has 0 saturated heterocycles. The Morgan fingerprint density at radius 3 is 3.00 bits per heavy atom. The summed E-state index contributed by atoms with van der Waals surface area (Å²) in [5.74, 6) is 0.843. The number of hydrogen-bond acceptors (Lipinski definition) is 1. The zero-order valence-electron chi connectivity index (χ0n) is 8.89. The van der Waals surface area contributed by atoms with E-state index >= 15 is 0 Å². The Morgan fingerprint density at radius 1 is 1.57 bits per heavy atom. The van der Waals surface area contributed by atoms with Crippen molar-refractivity contribution in [2.45, 2.75) is 51.9 Å². The SMILES string of the molecule is C/C(=C\Cl)CCCC1CCCCC1=O. The van der Waals surface area contributed by atoms with Gasteiger partial charge in [0, 0.05) is 17.9 Å². The number of hydrogen-bond donors (Lipinski definition) is 0. The van der Waals surface area contributed by atoms with Crippen LogP contribution in [0.4, 0.5) is 0 Å². The molecule has 1 fully saturated rings. The summed E-state index contributed by atoms with van der Waals surface area (Å²) in [6.07, 6.45) is 7.47. The van der Waals surface area contributed by atoms with Gasteiger partial charge in [0.2, 0.25) is 0 Å². The van der Waals surface area contributed by atoms with Crippen LogP contribution in [0.25, 0.3) is 0 Å². The van der Waals surface area contributed by atoms with Crippen molar-refractivity contribution in [3.8, 4) is 0 Å². The van der Waals surface area contributed by atoms with Crippen molar-refractivity contribution in [2.24, 2.45) is 5.92 Å². The molecule has 0 N–H and O–H groups in total. The van der Waals surface area contributed by atoms with Gasteiger partial charge in [-0.2, -0.15) is 0 Å². The summed E-state index contributed by atoms with van der Waals surface area (Å²) in [5, 5.41) is 0. The minimum Gasteiger partial charge on any atom is -0.299 e. The third kappa shape index (κ3) is 3.83. The van der Waals surface area contributed by atoms with Crippen LogP contribution < -0.4 is 0 Å². The first kappa shape index (κ1) is 11.8. The molecule has 0 radical (unpaired) electrons. The molecular formula is C12H19ClO. The van der Waals surface area contributed by atoms with Crippen molar-refractivity contribution in [1.29, 1.82) is 0 Å². The predicted octanol–water partition coefficient (Wildman–Crippen LogP) is 4.06. The van der Waals surface area contributed by atoms with Crippen LogP contribution in [0.15, 0.2) is 11.1 Å². The molecule has 0 spiro atoms. The lowest BCUT2D eigenvalue weighted by Gasteiger charge is -2.20. The lowest BCUT2D eigenvalue weighted by molar-refractivity contribution is -0.124. The number of rotatable bonds is 4. The molecule has 1 aliphatic rings. The summed E-state index contributed by atoms with van der Waals surface area (Å²) in [4.78, 5) is 11.5. The first-order valence-corrected chi connectivity index (χ1v) is 5.96. The summed E-state index contributed by atoms with van der Waals surface area (Å²) < 4.78 is 0. The number of Topliss-reactive ketones (excluding diaryl/α,β-unsaturated/α-hetero) is 1. The van der Waals surface area contributed by atoms with Crippen LogP contribution in [-0.2, 0) is 4.79 Å². The van der Waals surface area contributed by atoms with E-state index in [-0.39, 0.29) is 0 Å².